The van der Waals surface area contributed by atoms with Crippen LogP contribution in [0.25, 0.3) is 0 Å². The van der Waals surface area contributed by atoms with Crippen LogP contribution >= 0.6 is 0 Å². The first-order valence-electron chi connectivity index (χ1n) is 10.6. The number of nitrogens with zero attached hydrogens (tertiary/aromatic N) is 1. The van der Waals surface area contributed by atoms with Crippen molar-refractivity contribution in [1.29, 1.82) is 0 Å². The fraction of sp³-hybridized carbons (Fsp3) is 0.650. The molecule has 1 saturated carbocycles. The van der Waals surface area contributed by atoms with Crippen LogP contribution in [-0.2, 0) is 16.6 Å². The molecule has 24 heavy (non-hydrogen) atoms. The van der Waals surface area contributed by atoms with E-state index < -0.39 is 7.04 Å². The lowest BCUT2D eigenvalue weighted by atomic mass is 9.52. The van der Waals surface area contributed by atoms with E-state index in [0.717, 1.165) is 25.7 Å². The van der Waals surface area contributed by atoms with Gasteiger partial charge in [0.25, 0.3) is 0 Å². The molecule has 0 aromatic heterocycles. The number of carbonyl (C=O) groups excluding carboxylic acids is 1. The van der Waals surface area contributed by atoms with Gasteiger partial charge in [-0.25, -0.2) is 4.79 Å². The first kappa shape index (κ1) is 12.6. The van der Waals surface area contributed by atoms with Crippen molar-refractivity contribution in [2.24, 2.45) is 5.92 Å². The van der Waals surface area contributed by atoms with E-state index in [2.05, 4.69) is 0 Å². The van der Waals surface area contributed by atoms with Crippen LogP contribution in [0, 0.1) is 5.92 Å². The molecule has 2 aliphatic carbocycles. The molecule has 1 saturated heterocycles. The predicted molar refractivity (Wildman–Crippen MR) is 92.5 cm³/mol. The van der Waals surface area contributed by atoms with E-state index in [4.69, 9.17) is 13.6 Å². The molecule has 130 valence electrons. The van der Waals surface area contributed by atoms with Crippen molar-refractivity contribution in [3.8, 4) is 5.75 Å². The average molecular weight is 332 g/mol. The maximum Gasteiger partial charge on any atom is 0.410 e. The van der Waals surface area contributed by atoms with Gasteiger partial charge in [0.15, 0.2) is 0 Å². The quantitative estimate of drug-likeness (QED) is 0.824. The number of carbonyl (C=O) groups is 1. The summed E-state index contributed by atoms with van der Waals surface area (Å²) in [7, 11) is -2.44. The van der Waals surface area contributed by atoms with Crippen LogP contribution in [0.15, 0.2) is 18.2 Å². The zero-order valence-corrected chi connectivity index (χ0v) is 14.2. The number of amides is 1. The maximum absolute atomic E-state index is 12.5. The SMILES string of the molecule is [2H]C([2H])([2H])Oc1ccc2c(c1)[C@]13CCCC[C@@H]1[C@H](C2)N(C(=O)OCC)CC3. The zero-order valence-electron chi connectivity index (χ0n) is 17.2. The third-order valence-electron chi connectivity index (χ3n) is 6.43. The Hall–Kier alpha value is -1.71. The highest BCUT2D eigenvalue weighted by molar-refractivity contribution is 5.69. The average Bonchev–Trinajstić information content (AvgIpc) is 2.61. The third-order valence-corrected chi connectivity index (χ3v) is 6.43. The van der Waals surface area contributed by atoms with Crippen molar-refractivity contribution in [1.82, 2.24) is 4.90 Å². The molecule has 3 aliphatic rings. The minimum atomic E-state index is -2.44. The highest BCUT2D eigenvalue weighted by Crippen LogP contribution is 2.56. The summed E-state index contributed by atoms with van der Waals surface area (Å²) >= 11 is 0. The molecule has 1 aromatic rings. The second-order valence-electron chi connectivity index (χ2n) is 7.34. The second-order valence-corrected chi connectivity index (χ2v) is 7.34. The lowest BCUT2D eigenvalue weighted by Gasteiger charge is -2.58. The number of benzene rings is 1. The van der Waals surface area contributed by atoms with E-state index >= 15 is 0 Å². The summed E-state index contributed by atoms with van der Waals surface area (Å²) in [4.78, 5) is 14.5. The van der Waals surface area contributed by atoms with E-state index in [1.54, 1.807) is 6.07 Å². The Kier molecular flexibility index (Phi) is 3.14. The molecule has 0 unspecified atom stereocenters. The Morgan fingerprint density at radius 3 is 3.17 bits per heavy atom. The molecule has 3 atom stereocenters. The Morgan fingerprint density at radius 2 is 2.33 bits per heavy atom. The van der Waals surface area contributed by atoms with Crippen LogP contribution in [0.1, 0.15) is 54.3 Å². The van der Waals surface area contributed by atoms with Crippen molar-refractivity contribution in [2.45, 2.75) is 56.9 Å². The van der Waals surface area contributed by atoms with Crippen LogP contribution in [0.2, 0.25) is 0 Å². The molecular formula is C20H27NO3. The van der Waals surface area contributed by atoms with Crippen LogP contribution in [0.4, 0.5) is 4.79 Å². The molecule has 0 spiro atoms. The fourth-order valence-electron chi connectivity index (χ4n) is 5.48. The Morgan fingerprint density at radius 1 is 1.42 bits per heavy atom. The van der Waals surface area contributed by atoms with Gasteiger partial charge in [-0.1, -0.05) is 18.9 Å². The Bertz CT molecular complexity index is 736. The van der Waals surface area contributed by atoms with Gasteiger partial charge in [-0.3, -0.25) is 0 Å². The molecule has 4 heteroatoms. The van der Waals surface area contributed by atoms with Crippen molar-refractivity contribution in [3.05, 3.63) is 29.3 Å². The zero-order chi connectivity index (χ0) is 19.2. The van der Waals surface area contributed by atoms with Gasteiger partial charge in [-0.15, -0.1) is 0 Å². The van der Waals surface area contributed by atoms with Crippen LogP contribution in [0.5, 0.6) is 5.75 Å². The summed E-state index contributed by atoms with van der Waals surface area (Å²) < 4.78 is 32.7. The molecule has 0 N–H and O–H groups in total. The van der Waals surface area contributed by atoms with E-state index in [1.165, 1.54) is 24.0 Å². The molecule has 4 nitrogen and oxygen atoms in total. The highest BCUT2D eigenvalue weighted by atomic mass is 16.6. The lowest BCUT2D eigenvalue weighted by molar-refractivity contribution is -0.0110. The van der Waals surface area contributed by atoms with Crippen LogP contribution in [-0.4, -0.2) is 37.2 Å². The molecule has 1 heterocycles. The van der Waals surface area contributed by atoms with Crippen molar-refractivity contribution >= 4 is 6.09 Å². The number of fused-ring (bicyclic) bond motifs is 1. The Balaban J connectivity index is 1.73. The number of methoxy groups -OCH3 is 1. The van der Waals surface area contributed by atoms with Gasteiger partial charge in [0.2, 0.25) is 0 Å². The largest absolute Gasteiger partial charge is 0.497 e. The number of ether oxygens (including phenoxy) is 2. The minimum Gasteiger partial charge on any atom is -0.497 e. The van der Waals surface area contributed by atoms with Crippen molar-refractivity contribution in [3.63, 3.8) is 0 Å². The van der Waals surface area contributed by atoms with Gasteiger partial charge in [-0.05, 0) is 61.8 Å². The summed E-state index contributed by atoms with van der Waals surface area (Å²) in [5.74, 6) is 0.818. The van der Waals surface area contributed by atoms with Crippen LogP contribution < -0.4 is 4.74 Å². The molecule has 1 aliphatic heterocycles. The molecule has 2 fully saturated rings. The van der Waals surface area contributed by atoms with Gasteiger partial charge >= 0.3 is 6.09 Å². The van der Waals surface area contributed by atoms with Gasteiger partial charge in [0.05, 0.1) is 17.8 Å². The monoisotopic (exact) mass is 332 g/mol. The number of hydrogen-bond donors (Lipinski definition) is 0. The van der Waals surface area contributed by atoms with Gasteiger partial charge in [-0.2, -0.15) is 0 Å². The van der Waals surface area contributed by atoms with E-state index in [9.17, 15) is 4.79 Å². The van der Waals surface area contributed by atoms with Crippen LogP contribution in [0.3, 0.4) is 0 Å². The van der Waals surface area contributed by atoms with E-state index in [1.807, 2.05) is 24.0 Å². The standard InChI is InChI=1S/C20H27NO3/c1-3-24-19(22)21-11-10-20-9-5-4-6-16(20)18(21)12-14-7-8-15(23-2)13-17(14)20/h7-8,13,16,18H,3-6,9-12H2,1-2H3/t16-,18+,20+/m1/s1/i2D3. The summed E-state index contributed by atoms with van der Waals surface area (Å²) in [6, 6.07) is 5.86. The Labute approximate surface area is 148 Å². The predicted octanol–water partition coefficient (Wildman–Crippen LogP) is 3.91. The summed E-state index contributed by atoms with van der Waals surface area (Å²) in [5, 5.41) is 0. The van der Waals surface area contributed by atoms with E-state index in [-0.39, 0.29) is 17.6 Å². The molecule has 4 rings (SSSR count). The molecule has 2 bridgehead atoms. The number of piperidine rings is 1. The summed E-state index contributed by atoms with van der Waals surface area (Å²) in [5.41, 5.74) is 2.48. The summed E-state index contributed by atoms with van der Waals surface area (Å²) in [6.45, 7) is 2.93. The normalized spacial score (nSPS) is 33.4. The number of hydrogen-bond acceptors (Lipinski definition) is 3. The molecule has 1 aromatic carbocycles. The van der Waals surface area contributed by atoms with Gasteiger partial charge in [0.1, 0.15) is 5.75 Å². The minimum absolute atomic E-state index is 0.0214. The molecule has 1 amide bonds. The topological polar surface area (TPSA) is 38.8 Å². The molecule has 0 radical (unpaired) electrons. The van der Waals surface area contributed by atoms with Crippen molar-refractivity contribution in [2.75, 3.05) is 20.2 Å². The number of likely N-dealkylation sites (tertiary alicyclic amines) is 1. The van der Waals surface area contributed by atoms with Gasteiger partial charge < -0.3 is 14.4 Å². The van der Waals surface area contributed by atoms with Gasteiger partial charge in [0, 0.05) is 18.0 Å². The first-order valence-corrected chi connectivity index (χ1v) is 9.10. The third kappa shape index (κ3) is 2.22. The lowest BCUT2D eigenvalue weighted by Crippen LogP contribution is -2.62. The fourth-order valence-corrected chi connectivity index (χ4v) is 5.48. The molecular weight excluding hydrogens is 302 g/mol. The first-order chi connectivity index (χ1) is 12.8. The van der Waals surface area contributed by atoms with Crippen molar-refractivity contribution < 1.29 is 18.4 Å². The smallest absolute Gasteiger partial charge is 0.410 e. The maximum atomic E-state index is 12.5. The number of rotatable bonds is 2. The van der Waals surface area contributed by atoms with E-state index in [0.29, 0.717) is 24.8 Å². The highest BCUT2D eigenvalue weighted by Gasteiger charge is 2.55. The summed E-state index contributed by atoms with van der Waals surface area (Å²) in [6.07, 6.45) is 6.05. The second kappa shape index (κ2) is 5.98.